The third-order valence-corrected chi connectivity index (χ3v) is 4.96. The van der Waals surface area contributed by atoms with E-state index < -0.39 is 10.0 Å². The number of benzene rings is 1. The molecule has 1 fully saturated rings. The average molecular weight is 240 g/mol. The van der Waals surface area contributed by atoms with Crippen LogP contribution >= 0.6 is 0 Å². The standard InChI is InChI=1S/C11H16N2O2S/c1-9-4-2-3-5-11(9)16(14,15)13-7-10(6-12)8-13/h2-5,10H,6-8,12H2,1H3. The maximum atomic E-state index is 12.2. The second kappa shape index (κ2) is 4.16. The minimum absolute atomic E-state index is 0.318. The van der Waals surface area contributed by atoms with E-state index in [0.717, 1.165) is 5.56 Å². The molecule has 1 aromatic rings. The summed E-state index contributed by atoms with van der Waals surface area (Å²) in [5.74, 6) is 0.318. The molecule has 0 aromatic heterocycles. The second-order valence-corrected chi connectivity index (χ2v) is 6.10. The van der Waals surface area contributed by atoms with Gasteiger partial charge >= 0.3 is 0 Å². The summed E-state index contributed by atoms with van der Waals surface area (Å²) >= 11 is 0. The van der Waals surface area contributed by atoms with Crippen LogP contribution in [0.25, 0.3) is 0 Å². The Morgan fingerprint density at radius 2 is 2.00 bits per heavy atom. The first-order valence-electron chi connectivity index (χ1n) is 5.31. The Morgan fingerprint density at radius 1 is 1.38 bits per heavy atom. The molecule has 1 aliphatic heterocycles. The Kier molecular flexibility index (Phi) is 3.01. The highest BCUT2D eigenvalue weighted by Gasteiger charge is 2.36. The van der Waals surface area contributed by atoms with Gasteiger partial charge < -0.3 is 5.73 Å². The van der Waals surface area contributed by atoms with Crippen molar-refractivity contribution in [3.8, 4) is 0 Å². The second-order valence-electron chi connectivity index (χ2n) is 4.19. The van der Waals surface area contributed by atoms with Gasteiger partial charge in [0, 0.05) is 13.1 Å². The average Bonchev–Trinajstić information content (AvgIpc) is 2.16. The Bertz CT molecular complexity index is 479. The van der Waals surface area contributed by atoms with E-state index in [1.165, 1.54) is 4.31 Å². The van der Waals surface area contributed by atoms with E-state index in [2.05, 4.69) is 0 Å². The topological polar surface area (TPSA) is 63.4 Å². The summed E-state index contributed by atoms with van der Waals surface area (Å²) < 4.78 is 25.9. The Hall–Kier alpha value is -0.910. The van der Waals surface area contributed by atoms with Crippen LogP contribution in [-0.2, 0) is 10.0 Å². The normalized spacial score (nSPS) is 18.4. The summed E-state index contributed by atoms with van der Waals surface area (Å²) in [7, 11) is -3.30. The lowest BCUT2D eigenvalue weighted by Crippen LogP contribution is -2.52. The number of rotatable bonds is 3. The predicted molar refractivity (Wildman–Crippen MR) is 62.5 cm³/mol. The highest BCUT2D eigenvalue weighted by atomic mass is 32.2. The molecule has 1 aromatic carbocycles. The fourth-order valence-corrected chi connectivity index (χ4v) is 3.67. The van der Waals surface area contributed by atoms with Crippen molar-refractivity contribution in [2.45, 2.75) is 11.8 Å². The van der Waals surface area contributed by atoms with Crippen LogP contribution < -0.4 is 5.73 Å². The molecule has 5 heteroatoms. The molecule has 88 valence electrons. The first-order valence-corrected chi connectivity index (χ1v) is 6.75. The zero-order valence-corrected chi connectivity index (χ0v) is 10.1. The van der Waals surface area contributed by atoms with Gasteiger partial charge in [-0.05, 0) is 31.0 Å². The lowest BCUT2D eigenvalue weighted by Gasteiger charge is -2.37. The molecule has 16 heavy (non-hydrogen) atoms. The predicted octanol–water partition coefficient (Wildman–Crippen LogP) is 0.574. The molecule has 0 atom stereocenters. The number of nitrogens with zero attached hydrogens (tertiary/aromatic N) is 1. The van der Waals surface area contributed by atoms with Crippen LogP contribution in [0.3, 0.4) is 0 Å². The Balaban J connectivity index is 2.24. The number of sulfonamides is 1. The van der Waals surface area contributed by atoms with Crippen LogP contribution in [0.2, 0.25) is 0 Å². The molecular formula is C11H16N2O2S. The molecule has 4 nitrogen and oxygen atoms in total. The number of hydrogen-bond donors (Lipinski definition) is 1. The van der Waals surface area contributed by atoms with Gasteiger partial charge in [-0.25, -0.2) is 8.42 Å². The number of aryl methyl sites for hydroxylation is 1. The Labute approximate surface area is 96.1 Å². The molecule has 0 saturated carbocycles. The molecule has 2 N–H and O–H groups in total. The molecule has 0 unspecified atom stereocenters. The van der Waals surface area contributed by atoms with Gasteiger partial charge in [-0.15, -0.1) is 0 Å². The van der Waals surface area contributed by atoms with Crippen molar-refractivity contribution >= 4 is 10.0 Å². The largest absolute Gasteiger partial charge is 0.330 e. The molecular weight excluding hydrogens is 224 g/mol. The zero-order chi connectivity index (χ0) is 11.8. The van der Waals surface area contributed by atoms with Crippen molar-refractivity contribution in [1.82, 2.24) is 4.31 Å². The Morgan fingerprint density at radius 3 is 2.56 bits per heavy atom. The van der Waals surface area contributed by atoms with Crippen LogP contribution in [0.1, 0.15) is 5.56 Å². The molecule has 1 aliphatic rings. The fourth-order valence-electron chi connectivity index (χ4n) is 1.85. The third kappa shape index (κ3) is 1.86. The van der Waals surface area contributed by atoms with E-state index in [-0.39, 0.29) is 0 Å². The minimum Gasteiger partial charge on any atom is -0.330 e. The van der Waals surface area contributed by atoms with Crippen LogP contribution in [0.15, 0.2) is 29.2 Å². The molecule has 2 rings (SSSR count). The summed E-state index contributed by atoms with van der Waals surface area (Å²) in [5, 5.41) is 0. The molecule has 0 spiro atoms. The molecule has 0 radical (unpaired) electrons. The van der Waals surface area contributed by atoms with Gasteiger partial charge in [-0.3, -0.25) is 0 Å². The van der Waals surface area contributed by atoms with Gasteiger partial charge in [-0.2, -0.15) is 4.31 Å². The quantitative estimate of drug-likeness (QED) is 0.840. The van der Waals surface area contributed by atoms with E-state index in [1.807, 2.05) is 19.1 Å². The van der Waals surface area contributed by atoms with Crippen molar-refractivity contribution in [3.63, 3.8) is 0 Å². The molecule has 0 bridgehead atoms. The molecule has 0 amide bonds. The molecule has 0 aliphatic carbocycles. The molecule has 1 heterocycles. The van der Waals surface area contributed by atoms with Crippen molar-refractivity contribution < 1.29 is 8.42 Å². The van der Waals surface area contributed by atoms with E-state index in [0.29, 0.717) is 30.4 Å². The van der Waals surface area contributed by atoms with Gasteiger partial charge in [0.1, 0.15) is 0 Å². The smallest absolute Gasteiger partial charge is 0.243 e. The van der Waals surface area contributed by atoms with Gasteiger partial charge in [0.05, 0.1) is 4.90 Å². The van der Waals surface area contributed by atoms with Crippen molar-refractivity contribution in [2.24, 2.45) is 11.7 Å². The van der Waals surface area contributed by atoms with Crippen molar-refractivity contribution in [1.29, 1.82) is 0 Å². The first kappa shape index (κ1) is 11.6. The van der Waals surface area contributed by atoms with E-state index >= 15 is 0 Å². The number of nitrogens with two attached hydrogens (primary N) is 1. The van der Waals surface area contributed by atoms with Crippen LogP contribution in [0.5, 0.6) is 0 Å². The maximum Gasteiger partial charge on any atom is 0.243 e. The SMILES string of the molecule is Cc1ccccc1S(=O)(=O)N1CC(CN)C1. The highest BCUT2D eigenvalue weighted by Crippen LogP contribution is 2.26. The zero-order valence-electron chi connectivity index (χ0n) is 9.26. The van der Waals surface area contributed by atoms with Crippen LogP contribution in [0, 0.1) is 12.8 Å². The van der Waals surface area contributed by atoms with Gasteiger partial charge in [0.2, 0.25) is 10.0 Å². The van der Waals surface area contributed by atoms with Gasteiger partial charge in [0.15, 0.2) is 0 Å². The summed E-state index contributed by atoms with van der Waals surface area (Å²) in [6.45, 7) is 3.47. The van der Waals surface area contributed by atoms with E-state index in [4.69, 9.17) is 5.73 Å². The maximum absolute atomic E-state index is 12.2. The minimum atomic E-state index is -3.30. The highest BCUT2D eigenvalue weighted by molar-refractivity contribution is 7.89. The van der Waals surface area contributed by atoms with E-state index in [9.17, 15) is 8.42 Å². The summed E-state index contributed by atoms with van der Waals surface area (Å²) in [5.41, 5.74) is 6.28. The third-order valence-electron chi connectivity index (χ3n) is 2.97. The van der Waals surface area contributed by atoms with Gasteiger partial charge in [0.25, 0.3) is 0 Å². The molecule has 1 saturated heterocycles. The summed E-state index contributed by atoms with van der Waals surface area (Å²) in [6.07, 6.45) is 0. The van der Waals surface area contributed by atoms with E-state index in [1.54, 1.807) is 12.1 Å². The summed E-state index contributed by atoms with van der Waals surface area (Å²) in [4.78, 5) is 0.408. The van der Waals surface area contributed by atoms with Crippen LogP contribution in [-0.4, -0.2) is 32.4 Å². The summed E-state index contributed by atoms with van der Waals surface area (Å²) in [6, 6.07) is 7.06. The van der Waals surface area contributed by atoms with Crippen LogP contribution in [0.4, 0.5) is 0 Å². The van der Waals surface area contributed by atoms with Gasteiger partial charge in [-0.1, -0.05) is 18.2 Å². The van der Waals surface area contributed by atoms with Crippen molar-refractivity contribution in [3.05, 3.63) is 29.8 Å². The first-order chi connectivity index (χ1) is 7.55. The fraction of sp³-hybridized carbons (Fsp3) is 0.455. The number of hydrogen-bond acceptors (Lipinski definition) is 3. The van der Waals surface area contributed by atoms with Crippen molar-refractivity contribution in [2.75, 3.05) is 19.6 Å². The lowest BCUT2D eigenvalue weighted by atomic mass is 10.0. The lowest BCUT2D eigenvalue weighted by molar-refractivity contribution is 0.207. The monoisotopic (exact) mass is 240 g/mol.